The Kier molecular flexibility index (Phi) is 3.72. The molecular formula is C11H20OS2. The molecule has 1 nitrogen and oxygen atoms in total. The number of thioether (sulfide) groups is 2. The van der Waals surface area contributed by atoms with Crippen molar-refractivity contribution in [3.05, 3.63) is 0 Å². The minimum absolute atomic E-state index is 0.00607. The lowest BCUT2D eigenvalue weighted by molar-refractivity contribution is 0.107. The molecule has 2 aliphatic rings. The first-order chi connectivity index (χ1) is 6.71. The zero-order valence-electron chi connectivity index (χ0n) is 8.87. The lowest BCUT2D eigenvalue weighted by Gasteiger charge is -2.42. The first-order valence-corrected chi connectivity index (χ1v) is 7.64. The lowest BCUT2D eigenvalue weighted by atomic mass is 9.85. The Morgan fingerprint density at radius 2 is 1.64 bits per heavy atom. The smallest absolute Gasteiger partial charge is 0.0611 e. The highest BCUT2D eigenvalue weighted by Crippen LogP contribution is 2.51. The molecule has 1 heterocycles. The second kappa shape index (κ2) is 4.67. The number of aliphatic hydroxyl groups is 1. The predicted molar refractivity (Wildman–Crippen MR) is 65.9 cm³/mol. The molecule has 3 heteroatoms. The van der Waals surface area contributed by atoms with Crippen molar-refractivity contribution < 1.29 is 5.11 Å². The SMILES string of the molecule is CC1(C2CCC(O)CC2)SCCCS1. The van der Waals surface area contributed by atoms with Gasteiger partial charge in [0.1, 0.15) is 0 Å². The van der Waals surface area contributed by atoms with Gasteiger partial charge in [0, 0.05) is 0 Å². The average Bonchev–Trinajstić information content (AvgIpc) is 2.19. The maximum absolute atomic E-state index is 9.50. The molecule has 0 aromatic heterocycles. The van der Waals surface area contributed by atoms with Crippen LogP contribution in [0.25, 0.3) is 0 Å². The summed E-state index contributed by atoms with van der Waals surface area (Å²) in [7, 11) is 0. The quantitative estimate of drug-likeness (QED) is 0.750. The summed E-state index contributed by atoms with van der Waals surface area (Å²) >= 11 is 4.31. The molecule has 2 fully saturated rings. The monoisotopic (exact) mass is 232 g/mol. The van der Waals surface area contributed by atoms with E-state index in [1.165, 1.54) is 30.8 Å². The Morgan fingerprint density at radius 1 is 1.07 bits per heavy atom. The van der Waals surface area contributed by atoms with E-state index in [0.717, 1.165) is 18.8 Å². The highest BCUT2D eigenvalue weighted by Gasteiger charge is 2.38. The Balaban J connectivity index is 1.92. The van der Waals surface area contributed by atoms with E-state index < -0.39 is 0 Å². The van der Waals surface area contributed by atoms with Gasteiger partial charge in [-0.25, -0.2) is 0 Å². The number of rotatable bonds is 1. The molecule has 82 valence electrons. The molecule has 0 bridgehead atoms. The Hall–Kier alpha value is 0.660. The van der Waals surface area contributed by atoms with Crippen LogP contribution >= 0.6 is 23.5 Å². The van der Waals surface area contributed by atoms with Crippen molar-refractivity contribution in [1.29, 1.82) is 0 Å². The van der Waals surface area contributed by atoms with Crippen LogP contribution < -0.4 is 0 Å². The summed E-state index contributed by atoms with van der Waals surface area (Å²) in [6, 6.07) is 0. The first-order valence-electron chi connectivity index (χ1n) is 5.67. The fourth-order valence-corrected chi connectivity index (χ4v) is 5.83. The van der Waals surface area contributed by atoms with E-state index >= 15 is 0 Å². The fraction of sp³-hybridized carbons (Fsp3) is 1.00. The number of aliphatic hydroxyl groups excluding tert-OH is 1. The second-order valence-corrected chi connectivity index (χ2v) is 7.92. The van der Waals surface area contributed by atoms with Gasteiger partial charge in [-0.3, -0.25) is 0 Å². The van der Waals surface area contributed by atoms with E-state index in [0.29, 0.717) is 4.08 Å². The predicted octanol–water partition coefficient (Wildman–Crippen LogP) is 3.12. The maximum Gasteiger partial charge on any atom is 0.0611 e. The van der Waals surface area contributed by atoms with Crippen LogP contribution in [0.1, 0.15) is 39.0 Å². The van der Waals surface area contributed by atoms with E-state index in [1.54, 1.807) is 0 Å². The first kappa shape index (κ1) is 11.2. The highest BCUT2D eigenvalue weighted by atomic mass is 32.2. The van der Waals surface area contributed by atoms with Crippen molar-refractivity contribution in [1.82, 2.24) is 0 Å². The molecule has 1 saturated heterocycles. The third kappa shape index (κ3) is 2.42. The molecule has 14 heavy (non-hydrogen) atoms. The van der Waals surface area contributed by atoms with Crippen molar-refractivity contribution in [3.63, 3.8) is 0 Å². The molecular weight excluding hydrogens is 212 g/mol. The number of hydrogen-bond donors (Lipinski definition) is 1. The van der Waals surface area contributed by atoms with Gasteiger partial charge in [-0.15, -0.1) is 23.5 Å². The van der Waals surface area contributed by atoms with Gasteiger partial charge < -0.3 is 5.11 Å². The van der Waals surface area contributed by atoms with Crippen LogP contribution in [-0.4, -0.2) is 26.8 Å². The van der Waals surface area contributed by atoms with Crippen molar-refractivity contribution in [2.75, 3.05) is 11.5 Å². The third-order valence-electron chi connectivity index (χ3n) is 3.50. The Labute approximate surface area is 95.4 Å². The Morgan fingerprint density at radius 3 is 2.21 bits per heavy atom. The zero-order valence-corrected chi connectivity index (χ0v) is 10.5. The Bertz CT molecular complexity index is 182. The van der Waals surface area contributed by atoms with Crippen molar-refractivity contribution in [3.8, 4) is 0 Å². The minimum atomic E-state index is -0.00607. The molecule has 1 aliphatic heterocycles. The summed E-state index contributed by atoms with van der Waals surface area (Å²) in [5.74, 6) is 3.51. The molecule has 0 amide bonds. The van der Waals surface area contributed by atoms with Gasteiger partial charge in [0.05, 0.1) is 10.2 Å². The molecule has 0 aromatic rings. The van der Waals surface area contributed by atoms with Gasteiger partial charge in [-0.2, -0.15) is 0 Å². The van der Waals surface area contributed by atoms with Crippen LogP contribution in [0.5, 0.6) is 0 Å². The summed E-state index contributed by atoms with van der Waals surface area (Å²) in [4.78, 5) is 0. The van der Waals surface area contributed by atoms with Crippen molar-refractivity contribution in [2.45, 2.75) is 49.2 Å². The zero-order chi connectivity index (χ0) is 10.0. The van der Waals surface area contributed by atoms with Gasteiger partial charge in [0.25, 0.3) is 0 Å². The molecule has 1 aliphatic carbocycles. The molecule has 1 saturated carbocycles. The van der Waals surface area contributed by atoms with Gasteiger partial charge >= 0.3 is 0 Å². The molecule has 1 N–H and O–H groups in total. The van der Waals surface area contributed by atoms with Gasteiger partial charge in [0.2, 0.25) is 0 Å². The average molecular weight is 232 g/mol. The summed E-state index contributed by atoms with van der Waals surface area (Å²) in [5, 5.41) is 9.50. The van der Waals surface area contributed by atoms with Crippen LogP contribution in [0.2, 0.25) is 0 Å². The molecule has 0 radical (unpaired) electrons. The molecule has 0 atom stereocenters. The molecule has 0 spiro atoms. The van der Waals surface area contributed by atoms with Gasteiger partial charge in [-0.05, 0) is 56.5 Å². The highest BCUT2D eigenvalue weighted by molar-refractivity contribution is 8.18. The van der Waals surface area contributed by atoms with Crippen molar-refractivity contribution >= 4 is 23.5 Å². The largest absolute Gasteiger partial charge is 0.393 e. The fourth-order valence-electron chi connectivity index (χ4n) is 2.49. The topological polar surface area (TPSA) is 20.2 Å². The second-order valence-electron chi connectivity index (χ2n) is 4.57. The van der Waals surface area contributed by atoms with E-state index in [4.69, 9.17) is 0 Å². The van der Waals surface area contributed by atoms with Crippen LogP contribution in [0.15, 0.2) is 0 Å². The van der Waals surface area contributed by atoms with Crippen molar-refractivity contribution in [2.24, 2.45) is 5.92 Å². The van der Waals surface area contributed by atoms with E-state index in [9.17, 15) is 5.11 Å². The molecule has 0 unspecified atom stereocenters. The minimum Gasteiger partial charge on any atom is -0.393 e. The standard InChI is InChI=1S/C11H20OS2/c1-11(13-7-2-8-14-11)9-3-5-10(12)6-4-9/h9-10,12H,2-8H2,1H3. The van der Waals surface area contributed by atoms with Gasteiger partial charge in [-0.1, -0.05) is 0 Å². The summed E-state index contributed by atoms with van der Waals surface area (Å²) < 4.78 is 0.457. The molecule has 0 aromatic carbocycles. The van der Waals surface area contributed by atoms with Gasteiger partial charge in [0.15, 0.2) is 0 Å². The maximum atomic E-state index is 9.50. The third-order valence-corrected chi connectivity index (χ3v) is 7.01. The summed E-state index contributed by atoms with van der Waals surface area (Å²) in [6.45, 7) is 2.42. The molecule has 2 rings (SSSR count). The van der Waals surface area contributed by atoms with E-state index in [2.05, 4.69) is 30.4 Å². The summed E-state index contributed by atoms with van der Waals surface area (Å²) in [6.07, 6.45) is 5.90. The van der Waals surface area contributed by atoms with Crippen LogP contribution in [0.4, 0.5) is 0 Å². The van der Waals surface area contributed by atoms with E-state index in [-0.39, 0.29) is 6.10 Å². The normalized spacial score (nSPS) is 38.1. The lowest BCUT2D eigenvalue weighted by Crippen LogP contribution is -2.34. The van der Waals surface area contributed by atoms with Crippen LogP contribution in [-0.2, 0) is 0 Å². The van der Waals surface area contributed by atoms with Crippen LogP contribution in [0.3, 0.4) is 0 Å². The van der Waals surface area contributed by atoms with Crippen LogP contribution in [0, 0.1) is 5.92 Å². The summed E-state index contributed by atoms with van der Waals surface area (Å²) in [5.41, 5.74) is 0. The number of hydrogen-bond acceptors (Lipinski definition) is 3. The van der Waals surface area contributed by atoms with E-state index in [1.807, 2.05) is 0 Å².